The highest BCUT2D eigenvalue weighted by molar-refractivity contribution is 5.87. The normalized spacial score (nSPS) is 24.4. The number of benzene rings is 1. The standard InChI is InChI=1S/C35H45F3N6O/c1-24-12-7-4-3-5-10-19-43-20-16-27(17-21-43)35(37,38)30-15-11-14-28(31(30)36)25(2)42-32-29-22-26(13-8-6-9-18-39)34(45)44(24)33(29)41-23-40-32/h11,14-15,22-25,27H,3-10,12-13,16-17,19-21H2,1-2H3,(H,40,41,42)/t24?,25-/m1/s1. The van der Waals surface area contributed by atoms with Gasteiger partial charge in [-0.2, -0.15) is 5.26 Å². The molecule has 2 aromatic heterocycles. The molecule has 242 valence electrons. The number of nitriles is 1. The molecule has 1 saturated heterocycles. The number of halogens is 3. The molecule has 3 aliphatic rings. The van der Waals surface area contributed by atoms with Crippen LogP contribution in [0.3, 0.4) is 0 Å². The summed E-state index contributed by atoms with van der Waals surface area (Å²) >= 11 is 0. The minimum absolute atomic E-state index is 0.0933. The van der Waals surface area contributed by atoms with Gasteiger partial charge < -0.3 is 10.2 Å². The fourth-order valence-corrected chi connectivity index (χ4v) is 7.02. The zero-order valence-electron chi connectivity index (χ0n) is 26.5. The summed E-state index contributed by atoms with van der Waals surface area (Å²) in [5, 5.41) is 12.9. The van der Waals surface area contributed by atoms with Gasteiger partial charge in [0, 0.05) is 29.5 Å². The van der Waals surface area contributed by atoms with Crippen molar-refractivity contribution in [3.8, 4) is 6.07 Å². The molecule has 5 heterocycles. The molecule has 0 aliphatic carbocycles. The first kappa shape index (κ1) is 32.9. The Kier molecular flexibility index (Phi) is 10.8. The van der Waals surface area contributed by atoms with Gasteiger partial charge in [-0.05, 0) is 84.5 Å². The van der Waals surface area contributed by atoms with Crippen LogP contribution in [-0.2, 0) is 12.3 Å². The number of piperidine rings is 1. The van der Waals surface area contributed by atoms with Crippen LogP contribution in [0.5, 0.6) is 0 Å². The second-order valence-electron chi connectivity index (χ2n) is 12.9. The number of hydrogen-bond acceptors (Lipinski definition) is 6. The predicted octanol–water partition coefficient (Wildman–Crippen LogP) is 8.06. The summed E-state index contributed by atoms with van der Waals surface area (Å²) in [4.78, 5) is 25.1. The van der Waals surface area contributed by atoms with E-state index in [1.807, 2.05) is 6.92 Å². The van der Waals surface area contributed by atoms with Crippen LogP contribution in [0, 0.1) is 23.1 Å². The molecule has 2 atom stereocenters. The Morgan fingerprint density at radius 1 is 1.02 bits per heavy atom. The van der Waals surface area contributed by atoms with Crippen molar-refractivity contribution in [1.29, 1.82) is 5.26 Å². The predicted molar refractivity (Wildman–Crippen MR) is 171 cm³/mol. The van der Waals surface area contributed by atoms with E-state index in [9.17, 15) is 4.79 Å². The molecule has 1 aromatic carbocycles. The van der Waals surface area contributed by atoms with Gasteiger partial charge in [0.05, 0.1) is 23.1 Å². The van der Waals surface area contributed by atoms with Crippen molar-refractivity contribution >= 4 is 16.9 Å². The minimum Gasteiger partial charge on any atom is -0.363 e. The number of aryl methyl sites for hydroxylation is 1. The smallest absolute Gasteiger partial charge is 0.278 e. The number of aromatic nitrogens is 3. The molecule has 6 rings (SSSR count). The Balaban J connectivity index is 1.55. The van der Waals surface area contributed by atoms with Gasteiger partial charge in [0.25, 0.3) is 11.5 Å². The highest BCUT2D eigenvalue weighted by atomic mass is 19.3. The highest BCUT2D eigenvalue weighted by Crippen LogP contribution is 2.44. The molecule has 0 radical (unpaired) electrons. The van der Waals surface area contributed by atoms with Crippen LogP contribution in [0.4, 0.5) is 19.0 Å². The van der Waals surface area contributed by atoms with Gasteiger partial charge in [-0.25, -0.2) is 23.1 Å². The Hall–Kier alpha value is -3.45. The molecule has 0 spiro atoms. The van der Waals surface area contributed by atoms with Crippen LogP contribution in [-0.4, -0.2) is 39.1 Å². The van der Waals surface area contributed by atoms with E-state index < -0.39 is 29.3 Å². The van der Waals surface area contributed by atoms with E-state index in [0.717, 1.165) is 45.1 Å². The van der Waals surface area contributed by atoms with Gasteiger partial charge in [0.1, 0.15) is 23.6 Å². The van der Waals surface area contributed by atoms with Crippen molar-refractivity contribution in [3.63, 3.8) is 0 Å². The van der Waals surface area contributed by atoms with E-state index in [-0.39, 0.29) is 17.2 Å². The van der Waals surface area contributed by atoms with Gasteiger partial charge in [-0.1, -0.05) is 43.9 Å². The van der Waals surface area contributed by atoms with Crippen LogP contribution in [0.2, 0.25) is 0 Å². The summed E-state index contributed by atoms with van der Waals surface area (Å²) < 4.78 is 49.5. The fourth-order valence-electron chi connectivity index (χ4n) is 7.02. The van der Waals surface area contributed by atoms with Crippen LogP contribution in [0.15, 0.2) is 35.4 Å². The van der Waals surface area contributed by atoms with Crippen LogP contribution in [0.1, 0.15) is 113 Å². The summed E-state index contributed by atoms with van der Waals surface area (Å²) in [5.41, 5.74) is 0.598. The average molecular weight is 623 g/mol. The lowest BCUT2D eigenvalue weighted by Gasteiger charge is -2.36. The second kappa shape index (κ2) is 14.8. The Bertz CT molecular complexity index is 1560. The number of nitrogens with zero attached hydrogens (tertiary/aromatic N) is 5. The highest BCUT2D eigenvalue weighted by Gasteiger charge is 2.45. The molecule has 0 saturated carbocycles. The molecule has 1 fully saturated rings. The zero-order chi connectivity index (χ0) is 32.0. The summed E-state index contributed by atoms with van der Waals surface area (Å²) in [6.07, 6.45) is 10.4. The first-order valence-corrected chi connectivity index (χ1v) is 16.6. The van der Waals surface area contributed by atoms with E-state index in [1.165, 1.54) is 24.5 Å². The molecule has 10 heteroatoms. The lowest BCUT2D eigenvalue weighted by atomic mass is 9.85. The van der Waals surface area contributed by atoms with Gasteiger partial charge in [-0.15, -0.1) is 0 Å². The molecule has 1 unspecified atom stereocenters. The van der Waals surface area contributed by atoms with Crippen molar-refractivity contribution in [2.45, 2.75) is 109 Å². The van der Waals surface area contributed by atoms with Crippen molar-refractivity contribution in [1.82, 2.24) is 19.4 Å². The van der Waals surface area contributed by atoms with E-state index in [4.69, 9.17) is 5.26 Å². The molecule has 1 N–H and O–H groups in total. The van der Waals surface area contributed by atoms with Crippen LogP contribution in [0.25, 0.3) is 11.0 Å². The molecule has 3 aromatic rings. The van der Waals surface area contributed by atoms with Crippen molar-refractivity contribution < 1.29 is 13.2 Å². The van der Waals surface area contributed by atoms with E-state index in [1.54, 1.807) is 17.6 Å². The maximum Gasteiger partial charge on any atom is 0.278 e. The quantitative estimate of drug-likeness (QED) is 0.296. The third kappa shape index (κ3) is 7.35. The number of rotatable bonds is 4. The molecule has 3 aliphatic heterocycles. The van der Waals surface area contributed by atoms with Crippen molar-refractivity contribution in [3.05, 3.63) is 63.5 Å². The average Bonchev–Trinajstić information content (AvgIpc) is 3.02. The first-order valence-electron chi connectivity index (χ1n) is 16.6. The molecule has 45 heavy (non-hydrogen) atoms. The summed E-state index contributed by atoms with van der Waals surface area (Å²) in [6, 6.07) is 7.43. The number of fused-ring (bicyclic) bond motifs is 10. The van der Waals surface area contributed by atoms with Crippen molar-refractivity contribution in [2.24, 2.45) is 5.92 Å². The molecular weight excluding hydrogens is 577 g/mol. The molecule has 8 bridgehead atoms. The van der Waals surface area contributed by atoms with Gasteiger partial charge >= 0.3 is 0 Å². The zero-order valence-corrected chi connectivity index (χ0v) is 26.5. The maximum absolute atomic E-state index is 16.0. The van der Waals surface area contributed by atoms with E-state index in [2.05, 4.69) is 26.3 Å². The topological polar surface area (TPSA) is 86.8 Å². The number of hydrogen-bond donors (Lipinski definition) is 1. The number of nitrogens with one attached hydrogen (secondary N) is 1. The summed E-state index contributed by atoms with van der Waals surface area (Å²) in [6.45, 7) is 5.88. The molecule has 7 nitrogen and oxygen atoms in total. The Morgan fingerprint density at radius 3 is 2.56 bits per heavy atom. The Labute approximate surface area is 263 Å². The third-order valence-electron chi connectivity index (χ3n) is 9.73. The van der Waals surface area contributed by atoms with E-state index >= 15 is 13.2 Å². The SMILES string of the molecule is CC1CCCCCCCN2CCC(CC2)C(F)(F)c2cccc(c2F)[C@@H](C)Nc2ncnc3c2cc(CCCCC#N)c(=O)n31. The largest absolute Gasteiger partial charge is 0.363 e. The van der Waals surface area contributed by atoms with Crippen LogP contribution < -0.4 is 10.9 Å². The first-order chi connectivity index (χ1) is 21.7. The van der Waals surface area contributed by atoms with Crippen LogP contribution >= 0.6 is 0 Å². The lowest BCUT2D eigenvalue weighted by Crippen LogP contribution is -2.40. The number of alkyl halides is 2. The van der Waals surface area contributed by atoms with Gasteiger partial charge in [-0.3, -0.25) is 9.36 Å². The number of unbranched alkanes of at least 4 members (excludes halogenated alkanes) is 2. The monoisotopic (exact) mass is 622 g/mol. The van der Waals surface area contributed by atoms with Gasteiger partial charge in [0.15, 0.2) is 0 Å². The summed E-state index contributed by atoms with van der Waals surface area (Å²) in [7, 11) is 0. The lowest BCUT2D eigenvalue weighted by molar-refractivity contribution is -0.0880. The maximum atomic E-state index is 16.0. The minimum atomic E-state index is -3.28. The summed E-state index contributed by atoms with van der Waals surface area (Å²) in [5.74, 6) is -4.67. The molecule has 0 amide bonds. The Morgan fingerprint density at radius 2 is 1.78 bits per heavy atom. The van der Waals surface area contributed by atoms with Gasteiger partial charge in [0.2, 0.25) is 0 Å². The number of pyridine rings is 1. The fraction of sp³-hybridized carbons (Fsp3) is 0.600. The molecular formula is C35H45F3N6O. The van der Waals surface area contributed by atoms with E-state index in [0.29, 0.717) is 74.0 Å². The number of anilines is 1. The second-order valence-corrected chi connectivity index (χ2v) is 12.9. The third-order valence-corrected chi connectivity index (χ3v) is 9.73. The van der Waals surface area contributed by atoms with Crippen molar-refractivity contribution in [2.75, 3.05) is 25.0 Å².